The SMILES string of the molecule is CC(=O)NCCC(=O)NC(C)(C)CO. The van der Waals surface area contributed by atoms with E-state index in [1.807, 2.05) is 0 Å². The predicted octanol–water partition coefficient (Wildman–Crippen LogP) is -0.600. The smallest absolute Gasteiger partial charge is 0.222 e. The summed E-state index contributed by atoms with van der Waals surface area (Å²) >= 11 is 0. The van der Waals surface area contributed by atoms with E-state index in [4.69, 9.17) is 5.11 Å². The second-order valence-corrected chi connectivity index (χ2v) is 3.82. The van der Waals surface area contributed by atoms with Crippen molar-refractivity contribution in [3.8, 4) is 0 Å². The summed E-state index contributed by atoms with van der Waals surface area (Å²) in [5.41, 5.74) is -0.604. The highest BCUT2D eigenvalue weighted by atomic mass is 16.3. The molecule has 0 atom stereocenters. The Hall–Kier alpha value is -1.10. The van der Waals surface area contributed by atoms with E-state index in [-0.39, 0.29) is 24.8 Å². The van der Waals surface area contributed by atoms with Crippen LogP contribution in [0.2, 0.25) is 0 Å². The molecule has 0 aliphatic carbocycles. The Morgan fingerprint density at radius 2 is 1.93 bits per heavy atom. The van der Waals surface area contributed by atoms with Crippen molar-refractivity contribution in [3.63, 3.8) is 0 Å². The van der Waals surface area contributed by atoms with Crippen molar-refractivity contribution in [3.05, 3.63) is 0 Å². The van der Waals surface area contributed by atoms with Crippen molar-refractivity contribution < 1.29 is 14.7 Å². The lowest BCUT2D eigenvalue weighted by molar-refractivity contribution is -0.123. The van der Waals surface area contributed by atoms with E-state index in [0.717, 1.165) is 0 Å². The van der Waals surface area contributed by atoms with Crippen LogP contribution in [0.3, 0.4) is 0 Å². The summed E-state index contributed by atoms with van der Waals surface area (Å²) in [5, 5.41) is 14.0. The van der Waals surface area contributed by atoms with E-state index < -0.39 is 5.54 Å². The van der Waals surface area contributed by atoms with Gasteiger partial charge >= 0.3 is 0 Å². The van der Waals surface area contributed by atoms with Crippen LogP contribution < -0.4 is 10.6 Å². The van der Waals surface area contributed by atoms with Crippen molar-refractivity contribution >= 4 is 11.8 Å². The second-order valence-electron chi connectivity index (χ2n) is 3.82. The number of hydrogen-bond donors (Lipinski definition) is 3. The molecule has 0 rings (SSSR count). The molecule has 0 aliphatic rings. The lowest BCUT2D eigenvalue weighted by Gasteiger charge is -2.23. The molecule has 0 aromatic carbocycles. The van der Waals surface area contributed by atoms with Crippen LogP contribution >= 0.6 is 0 Å². The van der Waals surface area contributed by atoms with Gasteiger partial charge in [-0.15, -0.1) is 0 Å². The first kappa shape index (κ1) is 12.9. The first-order valence-corrected chi connectivity index (χ1v) is 4.54. The molecule has 0 heterocycles. The van der Waals surface area contributed by atoms with Crippen molar-refractivity contribution in [1.82, 2.24) is 10.6 Å². The summed E-state index contributed by atoms with van der Waals surface area (Å²) in [6.45, 7) is 5.06. The number of hydrogen-bond acceptors (Lipinski definition) is 3. The second kappa shape index (κ2) is 5.59. The zero-order valence-corrected chi connectivity index (χ0v) is 8.89. The Morgan fingerprint density at radius 3 is 2.36 bits per heavy atom. The number of amides is 2. The third-order valence-corrected chi connectivity index (χ3v) is 1.60. The minimum absolute atomic E-state index is 0.112. The molecule has 82 valence electrons. The minimum atomic E-state index is -0.604. The zero-order chi connectivity index (χ0) is 11.2. The molecule has 0 fully saturated rings. The number of carbonyl (C=O) groups excluding carboxylic acids is 2. The summed E-state index contributed by atoms with van der Waals surface area (Å²) in [6, 6.07) is 0. The molecule has 0 aromatic heterocycles. The molecule has 2 amide bonds. The van der Waals surface area contributed by atoms with Gasteiger partial charge < -0.3 is 15.7 Å². The fourth-order valence-corrected chi connectivity index (χ4v) is 0.832. The van der Waals surface area contributed by atoms with Gasteiger partial charge in [0.25, 0.3) is 0 Å². The number of nitrogens with one attached hydrogen (secondary N) is 2. The average Bonchev–Trinajstić information content (AvgIpc) is 2.02. The molecular formula is C9H18N2O3. The number of carbonyl (C=O) groups is 2. The number of aliphatic hydroxyl groups excluding tert-OH is 1. The standard InChI is InChI=1S/C9H18N2O3/c1-7(13)10-5-4-8(14)11-9(2,3)6-12/h12H,4-6H2,1-3H3,(H,10,13)(H,11,14). The van der Waals surface area contributed by atoms with Gasteiger partial charge in [-0.25, -0.2) is 0 Å². The molecule has 5 heteroatoms. The van der Waals surface area contributed by atoms with Gasteiger partial charge in [0.05, 0.1) is 12.1 Å². The molecule has 0 bridgehead atoms. The van der Waals surface area contributed by atoms with E-state index in [1.54, 1.807) is 13.8 Å². The van der Waals surface area contributed by atoms with Crippen LogP contribution in [0.25, 0.3) is 0 Å². The van der Waals surface area contributed by atoms with Crippen LogP contribution in [0, 0.1) is 0 Å². The van der Waals surface area contributed by atoms with Crippen molar-refractivity contribution in [2.45, 2.75) is 32.7 Å². The Labute approximate surface area is 83.9 Å². The molecule has 0 radical (unpaired) electrons. The average molecular weight is 202 g/mol. The van der Waals surface area contributed by atoms with Gasteiger partial charge in [-0.1, -0.05) is 0 Å². The first-order chi connectivity index (χ1) is 6.37. The largest absolute Gasteiger partial charge is 0.394 e. The normalized spacial score (nSPS) is 10.9. The van der Waals surface area contributed by atoms with Gasteiger partial charge in [-0.05, 0) is 13.8 Å². The van der Waals surface area contributed by atoms with E-state index in [0.29, 0.717) is 6.54 Å². The fourth-order valence-electron chi connectivity index (χ4n) is 0.832. The van der Waals surface area contributed by atoms with Crippen LogP contribution in [-0.4, -0.2) is 35.6 Å². The third-order valence-electron chi connectivity index (χ3n) is 1.60. The third kappa shape index (κ3) is 6.42. The minimum Gasteiger partial charge on any atom is -0.394 e. The quantitative estimate of drug-likeness (QED) is 0.557. The highest BCUT2D eigenvalue weighted by Gasteiger charge is 2.18. The molecule has 0 saturated heterocycles. The van der Waals surface area contributed by atoms with E-state index in [2.05, 4.69) is 10.6 Å². The van der Waals surface area contributed by atoms with Gasteiger partial charge in [0.2, 0.25) is 11.8 Å². The van der Waals surface area contributed by atoms with Crippen LogP contribution in [0.5, 0.6) is 0 Å². The summed E-state index contributed by atoms with van der Waals surface area (Å²) in [6.07, 6.45) is 0.225. The Kier molecular flexibility index (Phi) is 5.15. The van der Waals surface area contributed by atoms with Gasteiger partial charge in [0.15, 0.2) is 0 Å². The summed E-state index contributed by atoms with van der Waals surface area (Å²) in [4.78, 5) is 21.7. The first-order valence-electron chi connectivity index (χ1n) is 4.54. The van der Waals surface area contributed by atoms with E-state index in [1.165, 1.54) is 6.92 Å². The van der Waals surface area contributed by atoms with Crippen LogP contribution in [0.1, 0.15) is 27.2 Å². The molecule has 0 unspecified atom stereocenters. The lowest BCUT2D eigenvalue weighted by Crippen LogP contribution is -2.47. The molecule has 5 nitrogen and oxygen atoms in total. The summed E-state index contributed by atoms with van der Waals surface area (Å²) < 4.78 is 0. The molecule has 0 aliphatic heterocycles. The van der Waals surface area contributed by atoms with Crippen LogP contribution in [0.4, 0.5) is 0 Å². The fraction of sp³-hybridized carbons (Fsp3) is 0.778. The summed E-state index contributed by atoms with van der Waals surface area (Å²) in [7, 11) is 0. The highest BCUT2D eigenvalue weighted by Crippen LogP contribution is 1.99. The van der Waals surface area contributed by atoms with E-state index in [9.17, 15) is 9.59 Å². The molecule has 3 N–H and O–H groups in total. The molecule has 0 spiro atoms. The van der Waals surface area contributed by atoms with Gasteiger partial charge in [-0.3, -0.25) is 9.59 Å². The summed E-state index contributed by atoms with van der Waals surface area (Å²) in [5.74, 6) is -0.336. The number of rotatable bonds is 5. The maximum absolute atomic E-state index is 11.2. The van der Waals surface area contributed by atoms with Gasteiger partial charge in [0, 0.05) is 19.9 Å². The molecule has 14 heavy (non-hydrogen) atoms. The molecule has 0 aromatic rings. The Balaban J connectivity index is 3.71. The molecule has 0 saturated carbocycles. The Morgan fingerprint density at radius 1 is 1.36 bits per heavy atom. The Bertz CT molecular complexity index is 214. The van der Waals surface area contributed by atoms with Crippen molar-refractivity contribution in [2.75, 3.05) is 13.2 Å². The van der Waals surface area contributed by atoms with Gasteiger partial charge in [-0.2, -0.15) is 0 Å². The predicted molar refractivity (Wildman–Crippen MR) is 52.6 cm³/mol. The number of aliphatic hydroxyl groups is 1. The van der Waals surface area contributed by atoms with E-state index >= 15 is 0 Å². The van der Waals surface area contributed by atoms with Gasteiger partial charge in [0.1, 0.15) is 0 Å². The van der Waals surface area contributed by atoms with Crippen LogP contribution in [0.15, 0.2) is 0 Å². The van der Waals surface area contributed by atoms with Crippen LogP contribution in [-0.2, 0) is 9.59 Å². The molecular weight excluding hydrogens is 184 g/mol. The van der Waals surface area contributed by atoms with Crippen molar-refractivity contribution in [1.29, 1.82) is 0 Å². The zero-order valence-electron chi connectivity index (χ0n) is 8.89. The monoisotopic (exact) mass is 202 g/mol. The highest BCUT2D eigenvalue weighted by molar-refractivity contribution is 5.78. The maximum atomic E-state index is 11.2. The maximum Gasteiger partial charge on any atom is 0.222 e. The lowest BCUT2D eigenvalue weighted by atomic mass is 10.1. The topological polar surface area (TPSA) is 78.4 Å². The van der Waals surface area contributed by atoms with Crippen molar-refractivity contribution in [2.24, 2.45) is 0 Å².